The fourth-order valence-corrected chi connectivity index (χ4v) is 10.2. The number of benzene rings is 7. The zero-order valence-electron chi connectivity index (χ0n) is 23.9. The molecule has 0 bridgehead atoms. The molecule has 7 rings (SSSR count). The van der Waals surface area contributed by atoms with Crippen molar-refractivity contribution in [2.45, 2.75) is 19.6 Å². The van der Waals surface area contributed by atoms with Gasteiger partial charge in [-0.25, -0.2) is 0 Å². The van der Waals surface area contributed by atoms with E-state index in [-0.39, 0.29) is 0 Å². The Balaban J connectivity index is 1.56. The second-order valence-corrected chi connectivity index (χ2v) is 13.6. The van der Waals surface area contributed by atoms with E-state index >= 15 is 0 Å². The highest BCUT2D eigenvalue weighted by atomic mass is 32.3. The van der Waals surface area contributed by atoms with Crippen LogP contribution in [-0.2, 0) is 0 Å². The van der Waals surface area contributed by atoms with Gasteiger partial charge in [0.15, 0.2) is 0 Å². The molecule has 0 heterocycles. The maximum Gasteiger partial charge on any atom is 0.0102 e. The van der Waals surface area contributed by atoms with Crippen LogP contribution in [0, 0.1) is 0 Å². The molecule has 0 aliphatic rings. The van der Waals surface area contributed by atoms with Gasteiger partial charge in [0.2, 0.25) is 0 Å². The summed E-state index contributed by atoms with van der Waals surface area (Å²) in [6, 6.07) is 70.7. The average molecular weight is 569 g/mol. The third kappa shape index (κ3) is 4.88. The van der Waals surface area contributed by atoms with Crippen LogP contribution in [-0.4, -0.2) is 0 Å². The minimum Gasteiger partial charge on any atom is -0.132 e. The smallest absolute Gasteiger partial charge is 0.0102 e. The van der Waals surface area contributed by atoms with Crippen molar-refractivity contribution in [1.29, 1.82) is 0 Å². The predicted molar refractivity (Wildman–Crippen MR) is 183 cm³/mol. The number of hydrogen-bond donors (Lipinski definition) is 0. The van der Waals surface area contributed by atoms with Crippen LogP contribution in [0.2, 0.25) is 0 Å². The van der Waals surface area contributed by atoms with Crippen molar-refractivity contribution in [3.05, 3.63) is 194 Å². The van der Waals surface area contributed by atoms with Crippen LogP contribution < -0.4 is 0 Å². The SMILES string of the molecule is c1ccc(-c2ccccc2-c2ccccc2-c2ccccc2S(c2ccccc2)(c2ccccc2)c2ccccc2)cc1. The van der Waals surface area contributed by atoms with Crippen LogP contribution in [0.5, 0.6) is 0 Å². The molecule has 0 radical (unpaired) electrons. The zero-order chi connectivity index (χ0) is 28.9. The lowest BCUT2D eigenvalue weighted by molar-refractivity contribution is 1.24. The Kier molecular flexibility index (Phi) is 7.48. The van der Waals surface area contributed by atoms with Crippen molar-refractivity contribution in [3.8, 4) is 33.4 Å². The Morgan fingerprint density at radius 3 is 1.00 bits per heavy atom. The van der Waals surface area contributed by atoms with Gasteiger partial charge in [0.1, 0.15) is 0 Å². The molecule has 43 heavy (non-hydrogen) atoms. The van der Waals surface area contributed by atoms with Gasteiger partial charge in [0.25, 0.3) is 0 Å². The molecule has 0 nitrogen and oxygen atoms in total. The van der Waals surface area contributed by atoms with E-state index < -0.39 is 10.0 Å². The summed E-state index contributed by atoms with van der Waals surface area (Å²) in [4.78, 5) is 5.30. The molecule has 0 aliphatic heterocycles. The van der Waals surface area contributed by atoms with Gasteiger partial charge in [-0.05, 0) is 75.8 Å². The first-order chi connectivity index (χ1) is 21.4. The van der Waals surface area contributed by atoms with E-state index in [4.69, 9.17) is 0 Å². The van der Waals surface area contributed by atoms with Crippen molar-refractivity contribution < 1.29 is 0 Å². The van der Waals surface area contributed by atoms with Gasteiger partial charge in [-0.2, -0.15) is 0 Å². The molecule has 0 amide bonds. The summed E-state index contributed by atoms with van der Waals surface area (Å²) in [5.41, 5.74) is 7.42. The lowest BCUT2D eigenvalue weighted by atomic mass is 9.89. The molecule has 0 saturated carbocycles. The quantitative estimate of drug-likeness (QED) is 0.179. The molecule has 1 heteroatoms. The molecule has 0 atom stereocenters. The average Bonchev–Trinajstić information content (AvgIpc) is 3.11. The van der Waals surface area contributed by atoms with Crippen molar-refractivity contribution in [3.63, 3.8) is 0 Å². The van der Waals surface area contributed by atoms with Crippen LogP contribution in [0.1, 0.15) is 0 Å². The second kappa shape index (κ2) is 12.0. The van der Waals surface area contributed by atoms with Crippen molar-refractivity contribution in [2.24, 2.45) is 0 Å². The van der Waals surface area contributed by atoms with Crippen LogP contribution in [0.3, 0.4) is 0 Å². The molecule has 7 aromatic carbocycles. The van der Waals surface area contributed by atoms with Crippen LogP contribution in [0.25, 0.3) is 33.4 Å². The first-order valence-electron chi connectivity index (χ1n) is 14.7. The predicted octanol–water partition coefficient (Wildman–Crippen LogP) is 12.0. The maximum absolute atomic E-state index is 2.36. The van der Waals surface area contributed by atoms with E-state index in [1.165, 1.54) is 53.0 Å². The van der Waals surface area contributed by atoms with Crippen molar-refractivity contribution >= 4 is 10.0 Å². The normalized spacial score (nSPS) is 11.6. The number of hydrogen-bond acceptors (Lipinski definition) is 0. The van der Waals surface area contributed by atoms with Gasteiger partial charge in [-0.3, -0.25) is 0 Å². The summed E-state index contributed by atoms with van der Waals surface area (Å²) in [7, 11) is -1.85. The van der Waals surface area contributed by atoms with Crippen LogP contribution >= 0.6 is 10.0 Å². The van der Waals surface area contributed by atoms with Crippen LogP contribution in [0.15, 0.2) is 214 Å². The highest BCUT2D eigenvalue weighted by Crippen LogP contribution is 2.75. The lowest BCUT2D eigenvalue weighted by Crippen LogP contribution is -2.06. The zero-order valence-corrected chi connectivity index (χ0v) is 24.7. The minimum absolute atomic E-state index is 1.22. The fourth-order valence-electron chi connectivity index (χ4n) is 6.16. The standard InChI is InChI=1S/C42H32S/c1-5-19-33(20-6-1)37-27-13-14-28-38(37)39-29-15-16-30-40(39)41-31-17-18-32-42(41)43(34-21-7-2-8-22-34,35-23-9-3-10-24-35)36-25-11-4-12-26-36/h1-32H. The van der Waals surface area contributed by atoms with Gasteiger partial charge in [-0.1, -0.05) is 152 Å². The summed E-state index contributed by atoms with van der Waals surface area (Å²) in [5, 5.41) is 0. The lowest BCUT2D eigenvalue weighted by Gasteiger charge is -2.43. The summed E-state index contributed by atoms with van der Waals surface area (Å²) in [6.45, 7) is 0. The van der Waals surface area contributed by atoms with Crippen molar-refractivity contribution in [1.82, 2.24) is 0 Å². The Morgan fingerprint density at radius 2 is 0.535 bits per heavy atom. The van der Waals surface area contributed by atoms with E-state index in [1.807, 2.05) is 0 Å². The highest BCUT2D eigenvalue weighted by Gasteiger charge is 2.35. The Morgan fingerprint density at radius 1 is 0.233 bits per heavy atom. The van der Waals surface area contributed by atoms with E-state index in [0.717, 1.165) is 0 Å². The third-order valence-corrected chi connectivity index (χ3v) is 12.0. The van der Waals surface area contributed by atoms with E-state index in [2.05, 4.69) is 194 Å². The highest BCUT2D eigenvalue weighted by molar-refractivity contribution is 8.34. The molecule has 0 N–H and O–H groups in total. The molecule has 0 aliphatic carbocycles. The Hall–Kier alpha value is -5.11. The van der Waals surface area contributed by atoms with E-state index in [0.29, 0.717) is 0 Å². The molecule has 0 aromatic heterocycles. The summed E-state index contributed by atoms with van der Waals surface area (Å²) in [5.74, 6) is 0. The first-order valence-corrected chi connectivity index (χ1v) is 16.3. The summed E-state index contributed by atoms with van der Waals surface area (Å²) in [6.07, 6.45) is 0. The summed E-state index contributed by atoms with van der Waals surface area (Å²) >= 11 is 0. The molecule has 0 saturated heterocycles. The van der Waals surface area contributed by atoms with Gasteiger partial charge in [0.05, 0.1) is 0 Å². The largest absolute Gasteiger partial charge is 0.132 e. The first kappa shape index (κ1) is 26.8. The Labute approximate surface area is 256 Å². The van der Waals surface area contributed by atoms with E-state index in [9.17, 15) is 0 Å². The minimum atomic E-state index is -1.85. The van der Waals surface area contributed by atoms with Crippen molar-refractivity contribution in [2.75, 3.05) is 0 Å². The molecule has 0 spiro atoms. The molecule has 206 valence electrons. The van der Waals surface area contributed by atoms with Gasteiger partial charge in [0, 0.05) is 19.6 Å². The van der Waals surface area contributed by atoms with Gasteiger partial charge in [-0.15, -0.1) is 10.0 Å². The maximum atomic E-state index is 2.36. The monoisotopic (exact) mass is 568 g/mol. The van der Waals surface area contributed by atoms with Gasteiger partial charge < -0.3 is 0 Å². The molecule has 0 fully saturated rings. The molecule has 0 unspecified atom stereocenters. The summed E-state index contributed by atoms with van der Waals surface area (Å²) < 4.78 is 0. The third-order valence-electron chi connectivity index (χ3n) is 8.03. The van der Waals surface area contributed by atoms with E-state index in [1.54, 1.807) is 0 Å². The van der Waals surface area contributed by atoms with Gasteiger partial charge >= 0.3 is 0 Å². The topological polar surface area (TPSA) is 0 Å². The Bertz CT molecular complexity index is 1850. The second-order valence-electron chi connectivity index (χ2n) is 10.5. The fraction of sp³-hybridized carbons (Fsp3) is 0. The molecular formula is C42H32S. The van der Waals surface area contributed by atoms with Crippen LogP contribution in [0.4, 0.5) is 0 Å². The molecular weight excluding hydrogens is 537 g/mol. The number of rotatable bonds is 7. The molecule has 7 aromatic rings.